The van der Waals surface area contributed by atoms with Gasteiger partial charge in [0.25, 0.3) is 5.91 Å². The molecule has 0 aromatic carbocycles. The smallest absolute Gasteiger partial charge is 0.416 e. The highest BCUT2D eigenvalue weighted by Crippen LogP contribution is 2.31. The molecule has 2 rings (SSSR count). The molecular weight excluding hydrogens is 447 g/mol. The molecule has 1 heterocycles. The fraction of sp³-hybridized carbons (Fsp3) is 0.409. The molecule has 0 bridgehead atoms. The van der Waals surface area contributed by atoms with Crippen LogP contribution in [0.2, 0.25) is 0 Å². The SMILES string of the molecule is C=C/C(=C\C(=C/C)S(=O)(=O)C1CCN(C(=O)COC2=CC=C(CO)C=CC2)C1)C(F)(F)F. The summed E-state index contributed by atoms with van der Waals surface area (Å²) in [6.07, 6.45) is 4.92. The molecule has 0 aromatic rings. The van der Waals surface area contributed by atoms with Crippen LogP contribution in [-0.4, -0.2) is 62.1 Å². The summed E-state index contributed by atoms with van der Waals surface area (Å²) in [5, 5.41) is 8.13. The summed E-state index contributed by atoms with van der Waals surface area (Å²) < 4.78 is 70.3. The Hall–Kier alpha value is -2.59. The Morgan fingerprint density at radius 1 is 1.38 bits per heavy atom. The van der Waals surface area contributed by atoms with Crippen molar-refractivity contribution in [3.05, 3.63) is 70.9 Å². The first-order valence-corrected chi connectivity index (χ1v) is 11.5. The van der Waals surface area contributed by atoms with Gasteiger partial charge in [-0.05, 0) is 31.1 Å². The van der Waals surface area contributed by atoms with Crippen LogP contribution in [0.15, 0.2) is 70.9 Å². The molecule has 6 nitrogen and oxygen atoms in total. The summed E-state index contributed by atoms with van der Waals surface area (Å²) in [5.74, 6) is 0.106. The maximum atomic E-state index is 13.0. The van der Waals surface area contributed by atoms with E-state index in [-0.39, 0.29) is 32.7 Å². The highest BCUT2D eigenvalue weighted by Gasteiger charge is 2.38. The van der Waals surface area contributed by atoms with Gasteiger partial charge in [-0.25, -0.2) is 8.42 Å². The van der Waals surface area contributed by atoms with Crippen LogP contribution in [0.3, 0.4) is 0 Å². The van der Waals surface area contributed by atoms with E-state index in [9.17, 15) is 26.4 Å². The van der Waals surface area contributed by atoms with Crippen LogP contribution in [0.25, 0.3) is 0 Å². The number of allylic oxidation sites excluding steroid dienone is 7. The summed E-state index contributed by atoms with van der Waals surface area (Å²) in [6.45, 7) is 4.07. The van der Waals surface area contributed by atoms with Gasteiger partial charge in [0.2, 0.25) is 0 Å². The second kappa shape index (κ2) is 10.8. The maximum absolute atomic E-state index is 13.0. The third-order valence-corrected chi connectivity index (χ3v) is 7.37. The fourth-order valence-electron chi connectivity index (χ4n) is 3.25. The number of alkyl halides is 3. The number of halogens is 3. The van der Waals surface area contributed by atoms with E-state index in [0.29, 0.717) is 29.9 Å². The monoisotopic (exact) mass is 473 g/mol. The van der Waals surface area contributed by atoms with Crippen LogP contribution in [-0.2, 0) is 19.4 Å². The van der Waals surface area contributed by atoms with Crippen LogP contribution >= 0.6 is 0 Å². The highest BCUT2D eigenvalue weighted by atomic mass is 32.2. The van der Waals surface area contributed by atoms with Gasteiger partial charge in [-0.2, -0.15) is 13.2 Å². The van der Waals surface area contributed by atoms with Crippen molar-refractivity contribution in [2.24, 2.45) is 0 Å². The number of hydrogen-bond donors (Lipinski definition) is 1. The average molecular weight is 474 g/mol. The van der Waals surface area contributed by atoms with Gasteiger partial charge in [0.15, 0.2) is 16.4 Å². The molecule has 1 aliphatic heterocycles. The number of aliphatic hydroxyl groups is 1. The van der Waals surface area contributed by atoms with Gasteiger partial charge in [-0.3, -0.25) is 4.79 Å². The molecule has 1 atom stereocenters. The molecule has 1 aliphatic carbocycles. The summed E-state index contributed by atoms with van der Waals surface area (Å²) in [7, 11) is -4.08. The van der Waals surface area contributed by atoms with Crippen molar-refractivity contribution in [3.63, 3.8) is 0 Å². The van der Waals surface area contributed by atoms with Gasteiger partial charge < -0.3 is 14.7 Å². The van der Waals surface area contributed by atoms with Crippen molar-refractivity contribution in [2.45, 2.75) is 31.2 Å². The lowest BCUT2D eigenvalue weighted by Gasteiger charge is -2.18. The minimum Gasteiger partial charge on any atom is -0.488 e. The zero-order chi connectivity index (χ0) is 23.9. The van der Waals surface area contributed by atoms with Gasteiger partial charge >= 0.3 is 6.18 Å². The number of hydrogen-bond acceptors (Lipinski definition) is 5. The van der Waals surface area contributed by atoms with Crippen molar-refractivity contribution >= 4 is 15.7 Å². The number of nitrogens with zero attached hydrogens (tertiary/aromatic N) is 1. The Morgan fingerprint density at radius 3 is 2.69 bits per heavy atom. The summed E-state index contributed by atoms with van der Waals surface area (Å²) in [5.41, 5.74) is -0.459. The molecule has 1 saturated heterocycles. The predicted octanol–water partition coefficient (Wildman–Crippen LogP) is 3.36. The van der Waals surface area contributed by atoms with Crippen molar-refractivity contribution in [2.75, 3.05) is 26.3 Å². The first-order valence-electron chi connectivity index (χ1n) is 9.92. The summed E-state index contributed by atoms with van der Waals surface area (Å²) >= 11 is 0. The van der Waals surface area contributed by atoms with E-state index < -0.39 is 37.6 Å². The van der Waals surface area contributed by atoms with Crippen LogP contribution in [0.1, 0.15) is 19.8 Å². The second-order valence-electron chi connectivity index (χ2n) is 7.22. The zero-order valence-electron chi connectivity index (χ0n) is 17.6. The van der Waals surface area contributed by atoms with E-state index in [1.807, 2.05) is 0 Å². The number of rotatable bonds is 8. The molecule has 0 spiro atoms. The molecule has 1 amide bonds. The van der Waals surface area contributed by atoms with Crippen LogP contribution in [0, 0.1) is 0 Å². The highest BCUT2D eigenvalue weighted by molar-refractivity contribution is 7.96. The van der Waals surface area contributed by atoms with Crippen molar-refractivity contribution in [1.82, 2.24) is 4.90 Å². The molecule has 0 aromatic heterocycles. The number of sulfone groups is 1. The van der Waals surface area contributed by atoms with E-state index in [2.05, 4.69) is 6.58 Å². The molecule has 1 N–H and O–H groups in total. The Balaban J connectivity index is 2.04. The normalized spacial score (nSPS) is 20.5. The molecule has 10 heteroatoms. The molecule has 0 radical (unpaired) electrons. The lowest BCUT2D eigenvalue weighted by molar-refractivity contribution is -0.133. The molecule has 1 unspecified atom stereocenters. The minimum absolute atomic E-state index is 0.114. The third kappa shape index (κ3) is 6.46. The number of likely N-dealkylation sites (tertiary alicyclic amines) is 1. The van der Waals surface area contributed by atoms with Gasteiger partial charge in [0, 0.05) is 19.5 Å². The van der Waals surface area contributed by atoms with Crippen molar-refractivity contribution in [1.29, 1.82) is 0 Å². The average Bonchev–Trinajstić information content (AvgIpc) is 3.13. The van der Waals surface area contributed by atoms with Crippen LogP contribution in [0.4, 0.5) is 13.2 Å². The number of carbonyl (C=O) groups is 1. The van der Waals surface area contributed by atoms with Crippen molar-refractivity contribution in [3.8, 4) is 0 Å². The van der Waals surface area contributed by atoms with E-state index in [1.54, 1.807) is 24.3 Å². The van der Waals surface area contributed by atoms with E-state index in [4.69, 9.17) is 9.84 Å². The quantitative estimate of drug-likeness (QED) is 0.547. The molecule has 1 fully saturated rings. The van der Waals surface area contributed by atoms with Crippen molar-refractivity contribution < 1.29 is 36.2 Å². The van der Waals surface area contributed by atoms with Crippen LogP contribution in [0.5, 0.6) is 0 Å². The van der Waals surface area contributed by atoms with E-state index >= 15 is 0 Å². The molecule has 2 aliphatic rings. The first-order chi connectivity index (χ1) is 15.0. The topological polar surface area (TPSA) is 83.9 Å². The molecule has 176 valence electrons. The van der Waals surface area contributed by atoms with E-state index in [1.165, 1.54) is 11.8 Å². The maximum Gasteiger partial charge on any atom is 0.416 e. The van der Waals surface area contributed by atoms with Crippen LogP contribution < -0.4 is 0 Å². The Morgan fingerprint density at radius 2 is 2.09 bits per heavy atom. The Bertz CT molecular complexity index is 988. The van der Waals surface area contributed by atoms with E-state index in [0.717, 1.165) is 6.08 Å². The number of aliphatic hydroxyl groups excluding tert-OH is 1. The van der Waals surface area contributed by atoms with Gasteiger partial charge in [-0.15, -0.1) is 0 Å². The third-order valence-electron chi connectivity index (χ3n) is 5.09. The number of amides is 1. The second-order valence-corrected chi connectivity index (χ2v) is 9.44. The summed E-state index contributed by atoms with van der Waals surface area (Å²) in [4.78, 5) is 13.4. The Labute approximate surface area is 185 Å². The fourth-order valence-corrected chi connectivity index (χ4v) is 5.04. The first kappa shape index (κ1) is 25.7. The van der Waals surface area contributed by atoms with Gasteiger partial charge in [-0.1, -0.05) is 37.0 Å². The largest absolute Gasteiger partial charge is 0.488 e. The predicted molar refractivity (Wildman–Crippen MR) is 115 cm³/mol. The zero-order valence-corrected chi connectivity index (χ0v) is 18.5. The van der Waals surface area contributed by atoms with Gasteiger partial charge in [0.1, 0.15) is 5.76 Å². The lowest BCUT2D eigenvalue weighted by atomic mass is 10.2. The molecule has 32 heavy (non-hydrogen) atoms. The van der Waals surface area contributed by atoms with Gasteiger partial charge in [0.05, 0.1) is 22.3 Å². The number of carbonyl (C=O) groups excluding carboxylic acids is 1. The molecule has 0 saturated carbocycles. The molecular formula is C22H26F3NO5S. The lowest BCUT2D eigenvalue weighted by Crippen LogP contribution is -2.34. The Kier molecular flexibility index (Phi) is 8.68. The standard InChI is InChI=1S/C22H26F3NO5S/c1-3-17(22(23,24)25)12-19(4-2)32(29,30)20-10-11-26(13-20)21(28)15-31-18-7-5-6-16(14-27)8-9-18/h3-6,8-9,12,20,27H,1,7,10-11,13-15H2,2H3/b17-12+,19-4+. The summed E-state index contributed by atoms with van der Waals surface area (Å²) in [6, 6.07) is 0. The number of ether oxygens (including phenoxy) is 1. The minimum atomic E-state index is -4.73.